The van der Waals surface area contributed by atoms with Crippen molar-refractivity contribution in [2.45, 2.75) is 58.5 Å². The lowest BCUT2D eigenvalue weighted by Crippen LogP contribution is -2.37. The fourth-order valence-electron chi connectivity index (χ4n) is 3.06. The van der Waals surface area contributed by atoms with Gasteiger partial charge in [-0.2, -0.15) is 5.10 Å². The van der Waals surface area contributed by atoms with Crippen LogP contribution in [0, 0.1) is 19.8 Å². The first kappa shape index (κ1) is 15.0. The maximum absolute atomic E-state index is 12.1. The van der Waals surface area contributed by atoms with E-state index in [9.17, 15) is 4.79 Å². The highest BCUT2D eigenvalue weighted by molar-refractivity contribution is 5.76. The molecule has 2 atom stereocenters. The summed E-state index contributed by atoms with van der Waals surface area (Å²) in [7, 11) is 1.93. The summed E-state index contributed by atoms with van der Waals surface area (Å²) in [6, 6.07) is 0.191. The highest BCUT2D eigenvalue weighted by Gasteiger charge is 2.24. The molecular formula is C15H26N4O. The molecule has 5 heteroatoms. The van der Waals surface area contributed by atoms with E-state index in [0.717, 1.165) is 29.8 Å². The Labute approximate surface area is 120 Å². The number of hydrogen-bond donors (Lipinski definition) is 2. The quantitative estimate of drug-likeness (QED) is 0.878. The van der Waals surface area contributed by atoms with Gasteiger partial charge in [0.2, 0.25) is 5.91 Å². The maximum Gasteiger partial charge on any atom is 0.220 e. The van der Waals surface area contributed by atoms with Crippen LogP contribution in [0.4, 0.5) is 0 Å². The summed E-state index contributed by atoms with van der Waals surface area (Å²) in [5, 5.41) is 7.38. The first-order valence-corrected chi connectivity index (χ1v) is 7.50. The van der Waals surface area contributed by atoms with E-state index in [1.54, 1.807) is 0 Å². The van der Waals surface area contributed by atoms with Gasteiger partial charge in [0.1, 0.15) is 0 Å². The molecule has 1 aromatic rings. The number of rotatable bonds is 4. The van der Waals surface area contributed by atoms with E-state index in [2.05, 4.69) is 10.4 Å². The standard InChI is InChI=1S/C15H26N4O/c1-10-13(11(2)19(3)18-10)9-17-15(20)8-12-6-4-5-7-14(12)16/h12,14H,4-9,16H2,1-3H3,(H,17,20). The second kappa shape index (κ2) is 6.39. The van der Waals surface area contributed by atoms with Crippen molar-refractivity contribution in [3.63, 3.8) is 0 Å². The van der Waals surface area contributed by atoms with Crippen LogP contribution in [-0.2, 0) is 18.4 Å². The molecule has 5 nitrogen and oxygen atoms in total. The zero-order valence-corrected chi connectivity index (χ0v) is 12.8. The van der Waals surface area contributed by atoms with E-state index >= 15 is 0 Å². The van der Waals surface area contributed by atoms with Crippen LogP contribution < -0.4 is 11.1 Å². The minimum atomic E-state index is 0.106. The van der Waals surface area contributed by atoms with Gasteiger partial charge in [0.25, 0.3) is 0 Å². The van der Waals surface area contributed by atoms with Crippen LogP contribution >= 0.6 is 0 Å². The number of nitrogens with zero attached hydrogens (tertiary/aromatic N) is 2. The van der Waals surface area contributed by atoms with Crippen molar-refractivity contribution in [1.82, 2.24) is 15.1 Å². The summed E-state index contributed by atoms with van der Waals surface area (Å²) in [4.78, 5) is 12.1. The smallest absolute Gasteiger partial charge is 0.220 e. The molecule has 1 aliphatic carbocycles. The topological polar surface area (TPSA) is 72.9 Å². The van der Waals surface area contributed by atoms with E-state index < -0.39 is 0 Å². The third-order valence-corrected chi connectivity index (χ3v) is 4.54. The van der Waals surface area contributed by atoms with Gasteiger partial charge < -0.3 is 11.1 Å². The van der Waals surface area contributed by atoms with Crippen LogP contribution in [0.1, 0.15) is 49.1 Å². The Bertz CT molecular complexity index is 480. The Morgan fingerprint density at radius 3 is 2.70 bits per heavy atom. The maximum atomic E-state index is 12.1. The summed E-state index contributed by atoms with van der Waals surface area (Å²) < 4.78 is 1.86. The van der Waals surface area contributed by atoms with Crippen LogP contribution in [0.15, 0.2) is 0 Å². The molecule has 1 saturated carbocycles. The number of aromatic nitrogens is 2. The second-order valence-electron chi connectivity index (χ2n) is 5.96. The molecule has 2 rings (SSSR count). The van der Waals surface area contributed by atoms with Crippen molar-refractivity contribution in [2.24, 2.45) is 18.7 Å². The van der Waals surface area contributed by atoms with Gasteiger partial charge in [0.15, 0.2) is 0 Å². The average Bonchev–Trinajstić information content (AvgIpc) is 2.64. The number of hydrogen-bond acceptors (Lipinski definition) is 3. The molecule has 1 aromatic heterocycles. The lowest BCUT2D eigenvalue weighted by molar-refractivity contribution is -0.122. The monoisotopic (exact) mass is 278 g/mol. The third kappa shape index (κ3) is 3.39. The molecule has 112 valence electrons. The molecule has 1 heterocycles. The molecule has 0 saturated heterocycles. The fourth-order valence-corrected chi connectivity index (χ4v) is 3.06. The Morgan fingerprint density at radius 1 is 1.40 bits per heavy atom. The van der Waals surface area contributed by atoms with E-state index in [0.29, 0.717) is 18.9 Å². The van der Waals surface area contributed by atoms with E-state index in [1.165, 1.54) is 12.8 Å². The lowest BCUT2D eigenvalue weighted by atomic mass is 9.83. The normalized spacial score (nSPS) is 22.8. The van der Waals surface area contributed by atoms with Crippen LogP contribution in [-0.4, -0.2) is 21.7 Å². The van der Waals surface area contributed by atoms with Crippen molar-refractivity contribution >= 4 is 5.91 Å². The van der Waals surface area contributed by atoms with Crippen molar-refractivity contribution in [1.29, 1.82) is 0 Å². The summed E-state index contributed by atoms with van der Waals surface area (Å²) >= 11 is 0. The molecule has 0 aliphatic heterocycles. The van der Waals surface area contributed by atoms with Crippen molar-refractivity contribution in [3.05, 3.63) is 17.0 Å². The van der Waals surface area contributed by atoms with E-state index in [1.807, 2.05) is 25.6 Å². The SMILES string of the molecule is Cc1nn(C)c(C)c1CNC(=O)CC1CCCCC1N. The Kier molecular flexibility index (Phi) is 4.81. The molecule has 3 N–H and O–H groups in total. The molecule has 1 amide bonds. The molecule has 20 heavy (non-hydrogen) atoms. The number of carbonyl (C=O) groups excluding carboxylic acids is 1. The first-order valence-electron chi connectivity index (χ1n) is 7.50. The summed E-state index contributed by atoms with van der Waals surface area (Å²) in [5.41, 5.74) is 9.31. The minimum Gasteiger partial charge on any atom is -0.352 e. The van der Waals surface area contributed by atoms with Gasteiger partial charge >= 0.3 is 0 Å². The number of amides is 1. The molecule has 0 spiro atoms. The Balaban J connectivity index is 1.86. The van der Waals surface area contributed by atoms with E-state index in [4.69, 9.17) is 5.73 Å². The summed E-state index contributed by atoms with van der Waals surface area (Å²) in [6.07, 6.45) is 5.09. The van der Waals surface area contributed by atoms with E-state index in [-0.39, 0.29) is 11.9 Å². The average molecular weight is 278 g/mol. The van der Waals surface area contributed by atoms with Crippen LogP contribution in [0.5, 0.6) is 0 Å². The van der Waals surface area contributed by atoms with Crippen LogP contribution in [0.2, 0.25) is 0 Å². The molecular weight excluding hydrogens is 252 g/mol. The number of carbonyl (C=O) groups is 1. The molecule has 1 fully saturated rings. The Hall–Kier alpha value is -1.36. The van der Waals surface area contributed by atoms with Crippen LogP contribution in [0.25, 0.3) is 0 Å². The molecule has 2 unspecified atom stereocenters. The van der Waals surface area contributed by atoms with Gasteiger partial charge in [0.05, 0.1) is 5.69 Å². The van der Waals surface area contributed by atoms with Crippen molar-refractivity contribution in [2.75, 3.05) is 0 Å². The highest BCUT2D eigenvalue weighted by Crippen LogP contribution is 2.25. The molecule has 0 bridgehead atoms. The third-order valence-electron chi connectivity index (χ3n) is 4.54. The zero-order chi connectivity index (χ0) is 14.7. The number of aryl methyl sites for hydroxylation is 2. The van der Waals surface area contributed by atoms with Gasteiger partial charge in [-0.25, -0.2) is 0 Å². The highest BCUT2D eigenvalue weighted by atomic mass is 16.1. The molecule has 0 radical (unpaired) electrons. The fraction of sp³-hybridized carbons (Fsp3) is 0.733. The summed E-state index contributed by atoms with van der Waals surface area (Å²) in [6.45, 7) is 4.57. The predicted octanol–water partition coefficient (Wildman–Crippen LogP) is 1.56. The second-order valence-corrected chi connectivity index (χ2v) is 5.96. The first-order chi connectivity index (χ1) is 9.49. The zero-order valence-electron chi connectivity index (χ0n) is 12.8. The van der Waals surface area contributed by atoms with Gasteiger partial charge in [-0.3, -0.25) is 9.48 Å². The number of nitrogens with two attached hydrogens (primary N) is 1. The molecule has 0 aromatic carbocycles. The predicted molar refractivity (Wildman–Crippen MR) is 79.1 cm³/mol. The summed E-state index contributed by atoms with van der Waals surface area (Å²) in [5.74, 6) is 0.454. The molecule has 1 aliphatic rings. The van der Waals surface area contributed by atoms with Gasteiger partial charge in [-0.05, 0) is 32.6 Å². The largest absolute Gasteiger partial charge is 0.352 e. The van der Waals surface area contributed by atoms with Gasteiger partial charge in [0, 0.05) is 37.3 Å². The van der Waals surface area contributed by atoms with Crippen molar-refractivity contribution in [3.8, 4) is 0 Å². The minimum absolute atomic E-state index is 0.106. The van der Waals surface area contributed by atoms with Crippen molar-refractivity contribution < 1.29 is 4.79 Å². The van der Waals surface area contributed by atoms with Crippen LogP contribution in [0.3, 0.4) is 0 Å². The van der Waals surface area contributed by atoms with Gasteiger partial charge in [-0.1, -0.05) is 12.8 Å². The Morgan fingerprint density at radius 2 is 2.10 bits per heavy atom. The lowest BCUT2D eigenvalue weighted by Gasteiger charge is -2.27. The number of nitrogens with one attached hydrogen (secondary N) is 1. The van der Waals surface area contributed by atoms with Gasteiger partial charge in [-0.15, -0.1) is 0 Å².